The molecule has 0 bridgehead atoms. The topological polar surface area (TPSA) is 127 Å². The molecule has 0 fully saturated rings. The molecule has 4 aromatic rings. The van der Waals surface area contributed by atoms with Crippen LogP contribution in [0.25, 0.3) is 10.9 Å². The summed E-state index contributed by atoms with van der Waals surface area (Å²) in [6, 6.07) is 16.1. The van der Waals surface area contributed by atoms with Gasteiger partial charge in [-0.25, -0.2) is 0 Å². The fourth-order valence-electron chi connectivity index (χ4n) is 4.66. The van der Waals surface area contributed by atoms with Crippen LogP contribution in [0, 0.1) is 0 Å². The predicted octanol–water partition coefficient (Wildman–Crippen LogP) is 4.01. The summed E-state index contributed by atoms with van der Waals surface area (Å²) in [5, 5.41) is 7.90. The number of nitrogens with one attached hydrogen (secondary N) is 1. The monoisotopic (exact) mass is 528 g/mol. The van der Waals surface area contributed by atoms with E-state index in [-0.39, 0.29) is 30.5 Å². The van der Waals surface area contributed by atoms with Crippen molar-refractivity contribution in [3.63, 3.8) is 0 Å². The molecule has 6 rings (SSSR count). The fourth-order valence-corrected chi connectivity index (χ4v) is 4.66. The highest BCUT2D eigenvalue weighted by Gasteiger charge is 2.20. The number of amides is 1. The second kappa shape index (κ2) is 10.6. The molecule has 0 spiro atoms. The Labute approximate surface area is 224 Å². The molecule has 39 heavy (non-hydrogen) atoms. The lowest BCUT2D eigenvalue weighted by atomic mass is 10.1. The number of fused-ring (bicyclic) bond motifs is 3. The summed E-state index contributed by atoms with van der Waals surface area (Å²) in [4.78, 5) is 26.4. The van der Waals surface area contributed by atoms with E-state index in [1.54, 1.807) is 18.2 Å². The number of ether oxygens (including phenoxy) is 4. The third-order valence-corrected chi connectivity index (χ3v) is 6.54. The number of nitrogens with two attached hydrogens (primary N) is 1. The Kier molecular flexibility index (Phi) is 6.66. The van der Waals surface area contributed by atoms with Gasteiger partial charge in [0.15, 0.2) is 28.8 Å². The van der Waals surface area contributed by atoms with Crippen molar-refractivity contribution < 1.29 is 28.5 Å². The molecule has 2 aliphatic rings. The highest BCUT2D eigenvalue weighted by atomic mass is 16.5. The molecule has 0 radical (unpaired) electrons. The van der Waals surface area contributed by atoms with Gasteiger partial charge in [0, 0.05) is 23.9 Å². The average Bonchev–Trinajstić information content (AvgIpc) is 3.09. The van der Waals surface area contributed by atoms with E-state index in [2.05, 4.69) is 10.4 Å². The summed E-state index contributed by atoms with van der Waals surface area (Å²) >= 11 is 0. The Morgan fingerprint density at radius 1 is 0.769 bits per heavy atom. The van der Waals surface area contributed by atoms with Crippen molar-refractivity contribution in [3.05, 3.63) is 65.7 Å². The van der Waals surface area contributed by atoms with Crippen LogP contribution in [0.1, 0.15) is 28.8 Å². The first-order valence-corrected chi connectivity index (χ1v) is 12.9. The molecule has 2 aliphatic heterocycles. The Balaban J connectivity index is 1.22. The maximum absolute atomic E-state index is 13.4. The highest BCUT2D eigenvalue weighted by molar-refractivity contribution is 6.04. The minimum atomic E-state index is -0.284. The van der Waals surface area contributed by atoms with Gasteiger partial charge in [0.25, 0.3) is 5.91 Å². The molecule has 0 atom stereocenters. The van der Waals surface area contributed by atoms with Crippen LogP contribution in [0.15, 0.2) is 54.6 Å². The maximum atomic E-state index is 13.4. The van der Waals surface area contributed by atoms with Crippen LogP contribution < -0.4 is 30.0 Å². The van der Waals surface area contributed by atoms with Crippen LogP contribution in [0.4, 0.5) is 11.5 Å². The molecule has 3 N–H and O–H groups in total. The lowest BCUT2D eigenvalue weighted by Gasteiger charge is -2.09. The van der Waals surface area contributed by atoms with Gasteiger partial charge in [0.05, 0.1) is 44.8 Å². The Morgan fingerprint density at radius 3 is 2.00 bits per heavy atom. The lowest BCUT2D eigenvalue weighted by Crippen LogP contribution is -2.17. The third kappa shape index (κ3) is 5.31. The number of benzene rings is 3. The van der Waals surface area contributed by atoms with E-state index in [4.69, 9.17) is 24.7 Å². The van der Waals surface area contributed by atoms with Gasteiger partial charge in [-0.15, -0.1) is 5.10 Å². The van der Waals surface area contributed by atoms with Crippen LogP contribution in [0.5, 0.6) is 23.0 Å². The van der Waals surface area contributed by atoms with Crippen molar-refractivity contribution in [2.24, 2.45) is 0 Å². The van der Waals surface area contributed by atoms with E-state index in [0.29, 0.717) is 66.0 Å². The molecule has 10 nitrogen and oxygen atoms in total. The average molecular weight is 529 g/mol. The first-order valence-electron chi connectivity index (χ1n) is 12.9. The van der Waals surface area contributed by atoms with Crippen molar-refractivity contribution in [1.82, 2.24) is 9.78 Å². The molecule has 0 unspecified atom stereocenters. The molecule has 1 amide bonds. The number of carbonyl (C=O) groups is 2. The van der Waals surface area contributed by atoms with E-state index in [1.165, 1.54) is 4.68 Å². The molecule has 10 heteroatoms. The zero-order chi connectivity index (χ0) is 26.8. The number of carbonyl (C=O) groups excluding carboxylic acids is 2. The summed E-state index contributed by atoms with van der Waals surface area (Å²) < 4.78 is 24.2. The molecule has 0 aliphatic carbocycles. The molecular weight excluding hydrogens is 500 g/mol. The fraction of sp³-hybridized carbons (Fsp3) is 0.276. The van der Waals surface area contributed by atoms with Gasteiger partial charge in [-0.05, 0) is 53.6 Å². The lowest BCUT2D eigenvalue weighted by molar-refractivity contribution is -0.115. The Morgan fingerprint density at radius 2 is 1.36 bits per heavy atom. The second-order valence-electron chi connectivity index (χ2n) is 9.50. The predicted molar refractivity (Wildman–Crippen MR) is 145 cm³/mol. The quantitative estimate of drug-likeness (QED) is 0.372. The van der Waals surface area contributed by atoms with E-state index in [9.17, 15) is 9.59 Å². The van der Waals surface area contributed by atoms with E-state index < -0.39 is 0 Å². The van der Waals surface area contributed by atoms with Gasteiger partial charge in [0.1, 0.15) is 0 Å². The van der Waals surface area contributed by atoms with Gasteiger partial charge in [-0.2, -0.15) is 4.68 Å². The van der Waals surface area contributed by atoms with Crippen LogP contribution in [0.3, 0.4) is 0 Å². The summed E-state index contributed by atoms with van der Waals surface area (Å²) in [5.74, 6) is 2.31. The molecule has 1 aromatic heterocycles. The van der Waals surface area contributed by atoms with E-state index in [0.717, 1.165) is 24.0 Å². The summed E-state index contributed by atoms with van der Waals surface area (Å²) in [7, 11) is 0. The van der Waals surface area contributed by atoms with Crippen molar-refractivity contribution in [3.8, 4) is 23.0 Å². The standard InChI is InChI=1S/C29H28N4O6/c30-20-5-6-22-21(17-20)29(31-27(34)15-18-3-7-23-25(13-18)38-11-1-9-36-23)32-33(22)28(35)16-19-4-8-24-26(14-19)39-12-2-10-37-24/h3-8,13-14,17H,1-2,9-12,15-16,30H2,(H,31,32,34). The van der Waals surface area contributed by atoms with Gasteiger partial charge < -0.3 is 30.0 Å². The van der Waals surface area contributed by atoms with Gasteiger partial charge >= 0.3 is 0 Å². The van der Waals surface area contributed by atoms with Crippen LogP contribution in [-0.2, 0) is 17.6 Å². The number of nitrogen functional groups attached to an aromatic ring is 1. The molecule has 0 saturated carbocycles. The summed E-state index contributed by atoms with van der Waals surface area (Å²) in [6.45, 7) is 2.31. The van der Waals surface area contributed by atoms with Crippen molar-refractivity contribution in [1.29, 1.82) is 0 Å². The molecule has 3 aromatic carbocycles. The van der Waals surface area contributed by atoms with Gasteiger partial charge in [-0.1, -0.05) is 12.1 Å². The summed E-state index contributed by atoms with van der Waals surface area (Å²) in [5.41, 5.74) is 8.61. The van der Waals surface area contributed by atoms with Crippen molar-refractivity contribution in [2.75, 3.05) is 37.5 Å². The molecular formula is C29H28N4O6. The molecule has 0 saturated heterocycles. The number of aromatic nitrogens is 2. The Hall–Kier alpha value is -4.73. The third-order valence-electron chi connectivity index (χ3n) is 6.54. The number of hydrogen-bond acceptors (Lipinski definition) is 8. The number of rotatable bonds is 5. The zero-order valence-corrected chi connectivity index (χ0v) is 21.3. The molecule has 200 valence electrons. The first kappa shape index (κ1) is 24.6. The minimum Gasteiger partial charge on any atom is -0.490 e. The van der Waals surface area contributed by atoms with Gasteiger partial charge in [0.2, 0.25) is 5.91 Å². The van der Waals surface area contributed by atoms with Crippen LogP contribution >= 0.6 is 0 Å². The van der Waals surface area contributed by atoms with Crippen LogP contribution in [-0.4, -0.2) is 48.0 Å². The minimum absolute atomic E-state index is 0.0857. The second-order valence-corrected chi connectivity index (χ2v) is 9.50. The van der Waals surface area contributed by atoms with Crippen molar-refractivity contribution >= 4 is 34.2 Å². The SMILES string of the molecule is Nc1ccc2c(c1)c(NC(=O)Cc1ccc3c(c1)OCCCO3)nn2C(=O)Cc1ccc2c(c1)OCCCO2. The normalized spacial score (nSPS) is 14.4. The Bertz CT molecular complexity index is 1560. The largest absolute Gasteiger partial charge is 0.490 e. The van der Waals surface area contributed by atoms with Gasteiger partial charge in [-0.3, -0.25) is 9.59 Å². The summed E-state index contributed by atoms with van der Waals surface area (Å²) in [6.07, 6.45) is 1.78. The van der Waals surface area contributed by atoms with E-state index in [1.807, 2.05) is 36.4 Å². The van der Waals surface area contributed by atoms with Crippen molar-refractivity contribution in [2.45, 2.75) is 25.7 Å². The highest BCUT2D eigenvalue weighted by Crippen LogP contribution is 2.32. The maximum Gasteiger partial charge on any atom is 0.251 e. The number of anilines is 2. The number of nitrogens with zero attached hydrogens (tertiary/aromatic N) is 2. The zero-order valence-electron chi connectivity index (χ0n) is 21.3. The number of hydrogen-bond donors (Lipinski definition) is 2. The van der Waals surface area contributed by atoms with Crippen LogP contribution in [0.2, 0.25) is 0 Å². The smallest absolute Gasteiger partial charge is 0.251 e. The first-order chi connectivity index (χ1) is 19.0. The molecule has 3 heterocycles. The van der Waals surface area contributed by atoms with E-state index >= 15 is 0 Å².